The summed E-state index contributed by atoms with van der Waals surface area (Å²) in [4.78, 5) is 26.2. The number of piperidine rings is 1. The van der Waals surface area contributed by atoms with E-state index in [0.29, 0.717) is 12.5 Å². The summed E-state index contributed by atoms with van der Waals surface area (Å²) in [6, 6.07) is 0.120. The molecule has 5 nitrogen and oxygen atoms in total. The zero-order valence-electron chi connectivity index (χ0n) is 12.8. The van der Waals surface area contributed by atoms with E-state index in [0.717, 1.165) is 32.5 Å². The lowest BCUT2D eigenvalue weighted by molar-refractivity contribution is -0.139. The summed E-state index contributed by atoms with van der Waals surface area (Å²) < 4.78 is 0. The van der Waals surface area contributed by atoms with E-state index in [1.807, 2.05) is 25.7 Å². The number of likely N-dealkylation sites (tertiary alicyclic amines) is 1. The van der Waals surface area contributed by atoms with Gasteiger partial charge >= 0.3 is 0 Å². The van der Waals surface area contributed by atoms with E-state index < -0.39 is 0 Å². The quantitative estimate of drug-likeness (QED) is 0.793. The standard InChI is InChI=1S/C15H27N3O2/c1-10(2)14(19)17-13-5-4-6-18(9-13)15(20)11(3)12-7-16-8-12/h10-13,16H,4-9H2,1-3H3,(H,17,19). The third-order valence-electron chi connectivity index (χ3n) is 4.51. The van der Waals surface area contributed by atoms with Crippen molar-refractivity contribution in [2.45, 2.75) is 39.7 Å². The smallest absolute Gasteiger partial charge is 0.225 e. The second-order valence-electron chi connectivity index (χ2n) is 6.49. The molecule has 2 aliphatic heterocycles. The Kier molecular flexibility index (Phi) is 5.02. The van der Waals surface area contributed by atoms with Gasteiger partial charge in [0.15, 0.2) is 0 Å². The summed E-state index contributed by atoms with van der Waals surface area (Å²) in [5.41, 5.74) is 0. The van der Waals surface area contributed by atoms with Crippen LogP contribution in [0.4, 0.5) is 0 Å². The third-order valence-corrected chi connectivity index (χ3v) is 4.51. The average Bonchev–Trinajstić information content (AvgIpc) is 2.35. The fourth-order valence-corrected chi connectivity index (χ4v) is 2.82. The van der Waals surface area contributed by atoms with Gasteiger partial charge in [0.05, 0.1) is 0 Å². The molecule has 2 heterocycles. The molecule has 2 rings (SSSR count). The van der Waals surface area contributed by atoms with Crippen molar-refractivity contribution >= 4 is 11.8 Å². The van der Waals surface area contributed by atoms with Crippen molar-refractivity contribution < 1.29 is 9.59 Å². The van der Waals surface area contributed by atoms with Gasteiger partial charge in [-0.1, -0.05) is 20.8 Å². The van der Waals surface area contributed by atoms with Crippen LogP contribution in [-0.4, -0.2) is 48.9 Å². The van der Waals surface area contributed by atoms with Crippen molar-refractivity contribution in [3.05, 3.63) is 0 Å². The largest absolute Gasteiger partial charge is 0.351 e. The highest BCUT2D eigenvalue weighted by Crippen LogP contribution is 2.21. The molecule has 0 radical (unpaired) electrons. The van der Waals surface area contributed by atoms with Gasteiger partial charge in [0.2, 0.25) is 11.8 Å². The topological polar surface area (TPSA) is 61.4 Å². The molecular weight excluding hydrogens is 254 g/mol. The van der Waals surface area contributed by atoms with Crippen LogP contribution in [0.2, 0.25) is 0 Å². The maximum Gasteiger partial charge on any atom is 0.225 e. The van der Waals surface area contributed by atoms with Crippen LogP contribution in [0, 0.1) is 17.8 Å². The van der Waals surface area contributed by atoms with E-state index in [2.05, 4.69) is 10.6 Å². The summed E-state index contributed by atoms with van der Waals surface area (Å²) in [6.45, 7) is 9.23. The normalized spacial score (nSPS) is 25.2. The van der Waals surface area contributed by atoms with Gasteiger partial charge in [-0.25, -0.2) is 0 Å². The second kappa shape index (κ2) is 6.57. The first-order chi connectivity index (χ1) is 9.49. The molecule has 2 fully saturated rings. The maximum absolute atomic E-state index is 12.5. The van der Waals surface area contributed by atoms with E-state index in [-0.39, 0.29) is 29.7 Å². The number of nitrogens with zero attached hydrogens (tertiary/aromatic N) is 1. The Morgan fingerprint density at radius 3 is 2.50 bits per heavy atom. The Hall–Kier alpha value is -1.10. The Bertz CT molecular complexity index is 366. The molecule has 0 aromatic carbocycles. The summed E-state index contributed by atoms with van der Waals surface area (Å²) in [5, 5.41) is 6.27. The Morgan fingerprint density at radius 1 is 1.25 bits per heavy atom. The monoisotopic (exact) mass is 281 g/mol. The maximum atomic E-state index is 12.5. The average molecular weight is 281 g/mol. The molecule has 0 spiro atoms. The van der Waals surface area contributed by atoms with E-state index in [1.165, 1.54) is 0 Å². The molecule has 114 valence electrons. The summed E-state index contributed by atoms with van der Waals surface area (Å²) >= 11 is 0. The Balaban J connectivity index is 1.86. The van der Waals surface area contributed by atoms with Crippen LogP contribution in [0.1, 0.15) is 33.6 Å². The van der Waals surface area contributed by atoms with E-state index in [1.54, 1.807) is 0 Å². The molecule has 2 N–H and O–H groups in total. The minimum absolute atomic E-state index is 0.000975. The van der Waals surface area contributed by atoms with Crippen LogP contribution in [-0.2, 0) is 9.59 Å². The van der Waals surface area contributed by atoms with Gasteiger partial charge in [-0.15, -0.1) is 0 Å². The number of carbonyl (C=O) groups is 2. The number of rotatable bonds is 4. The Morgan fingerprint density at radius 2 is 1.95 bits per heavy atom. The summed E-state index contributed by atoms with van der Waals surface area (Å²) in [6.07, 6.45) is 1.95. The van der Waals surface area contributed by atoms with Crippen molar-refractivity contribution in [2.75, 3.05) is 26.2 Å². The molecule has 0 aromatic rings. The molecule has 0 saturated carbocycles. The number of carbonyl (C=O) groups excluding carboxylic acids is 2. The summed E-state index contributed by atoms with van der Waals surface area (Å²) in [5.74, 6) is 0.908. The van der Waals surface area contributed by atoms with Crippen LogP contribution < -0.4 is 10.6 Å². The lowest BCUT2D eigenvalue weighted by atomic mass is 9.87. The predicted molar refractivity (Wildman–Crippen MR) is 78.1 cm³/mol. The number of nitrogens with one attached hydrogen (secondary N) is 2. The van der Waals surface area contributed by atoms with Gasteiger partial charge in [-0.05, 0) is 31.8 Å². The number of amides is 2. The van der Waals surface area contributed by atoms with Crippen molar-refractivity contribution in [2.24, 2.45) is 17.8 Å². The van der Waals surface area contributed by atoms with Crippen LogP contribution >= 0.6 is 0 Å². The number of hydrogen-bond donors (Lipinski definition) is 2. The lowest BCUT2D eigenvalue weighted by Crippen LogP contribution is -2.55. The molecule has 0 aliphatic carbocycles. The molecule has 2 unspecified atom stereocenters. The molecule has 2 amide bonds. The Labute approximate surface area is 121 Å². The molecular formula is C15H27N3O2. The minimum Gasteiger partial charge on any atom is -0.351 e. The van der Waals surface area contributed by atoms with E-state index >= 15 is 0 Å². The molecule has 0 bridgehead atoms. The third kappa shape index (κ3) is 3.51. The van der Waals surface area contributed by atoms with Crippen LogP contribution in [0.25, 0.3) is 0 Å². The van der Waals surface area contributed by atoms with Gasteiger partial charge in [-0.2, -0.15) is 0 Å². The van der Waals surface area contributed by atoms with Gasteiger partial charge in [0.25, 0.3) is 0 Å². The molecule has 0 aromatic heterocycles. The van der Waals surface area contributed by atoms with Crippen molar-refractivity contribution in [1.29, 1.82) is 0 Å². The molecule has 20 heavy (non-hydrogen) atoms. The highest BCUT2D eigenvalue weighted by atomic mass is 16.2. The summed E-state index contributed by atoms with van der Waals surface area (Å²) in [7, 11) is 0. The van der Waals surface area contributed by atoms with Crippen LogP contribution in [0.3, 0.4) is 0 Å². The molecule has 2 saturated heterocycles. The molecule has 5 heteroatoms. The molecule has 2 atom stereocenters. The number of hydrogen-bond acceptors (Lipinski definition) is 3. The fourth-order valence-electron chi connectivity index (χ4n) is 2.82. The van der Waals surface area contributed by atoms with Crippen LogP contribution in [0.5, 0.6) is 0 Å². The van der Waals surface area contributed by atoms with Crippen molar-refractivity contribution in [3.8, 4) is 0 Å². The van der Waals surface area contributed by atoms with E-state index in [9.17, 15) is 9.59 Å². The van der Waals surface area contributed by atoms with Gasteiger partial charge in [-0.3, -0.25) is 9.59 Å². The lowest BCUT2D eigenvalue weighted by Gasteiger charge is -2.38. The predicted octanol–water partition coefficient (Wildman–Crippen LogP) is 0.605. The fraction of sp³-hybridized carbons (Fsp3) is 0.867. The highest BCUT2D eigenvalue weighted by Gasteiger charge is 2.33. The van der Waals surface area contributed by atoms with Crippen molar-refractivity contribution in [3.63, 3.8) is 0 Å². The first kappa shape index (κ1) is 15.3. The molecule has 2 aliphatic rings. The minimum atomic E-state index is 0.000975. The van der Waals surface area contributed by atoms with Gasteiger partial charge in [0, 0.05) is 31.0 Å². The van der Waals surface area contributed by atoms with Gasteiger partial charge < -0.3 is 15.5 Å². The highest BCUT2D eigenvalue weighted by molar-refractivity contribution is 5.80. The van der Waals surface area contributed by atoms with E-state index in [4.69, 9.17) is 0 Å². The zero-order valence-corrected chi connectivity index (χ0v) is 12.8. The first-order valence-electron chi connectivity index (χ1n) is 7.79. The second-order valence-corrected chi connectivity index (χ2v) is 6.49. The first-order valence-corrected chi connectivity index (χ1v) is 7.79. The SMILES string of the molecule is CC(C)C(=O)NC1CCCN(C(=O)C(C)C2CNC2)C1. The zero-order chi connectivity index (χ0) is 14.7. The van der Waals surface area contributed by atoms with Gasteiger partial charge in [0.1, 0.15) is 0 Å². The van der Waals surface area contributed by atoms with Crippen LogP contribution in [0.15, 0.2) is 0 Å². The van der Waals surface area contributed by atoms with Crippen molar-refractivity contribution in [1.82, 2.24) is 15.5 Å².